The van der Waals surface area contributed by atoms with Gasteiger partial charge >= 0.3 is 0 Å². The molecule has 18 heavy (non-hydrogen) atoms. The third kappa shape index (κ3) is 2.21. The van der Waals surface area contributed by atoms with Gasteiger partial charge in [0.1, 0.15) is 10.9 Å². The highest BCUT2D eigenvalue weighted by atomic mass is 32.2. The summed E-state index contributed by atoms with van der Waals surface area (Å²) in [5, 5.41) is 2.98. The maximum absolute atomic E-state index is 11.6. The molecule has 0 saturated heterocycles. The Labute approximate surface area is 105 Å². The second-order valence-corrected chi connectivity index (χ2v) is 6.38. The van der Waals surface area contributed by atoms with E-state index in [1.165, 1.54) is 0 Å². The predicted octanol–water partition coefficient (Wildman–Crippen LogP) is 1.42. The average molecular weight is 267 g/mol. The minimum Gasteiger partial charge on any atom is -0.367 e. The summed E-state index contributed by atoms with van der Waals surface area (Å²) in [4.78, 5) is 3.90. The molecule has 2 heterocycles. The van der Waals surface area contributed by atoms with Crippen LogP contribution in [-0.4, -0.2) is 24.8 Å². The van der Waals surface area contributed by atoms with Gasteiger partial charge < -0.3 is 10.3 Å². The number of rotatable bonds is 3. The van der Waals surface area contributed by atoms with E-state index >= 15 is 0 Å². The van der Waals surface area contributed by atoms with Gasteiger partial charge in [-0.1, -0.05) is 5.16 Å². The first kappa shape index (κ1) is 12.6. The molecule has 1 unspecified atom stereocenters. The zero-order valence-corrected chi connectivity index (χ0v) is 10.8. The molecule has 0 spiro atoms. The molecular weight excluding hydrogens is 254 g/mol. The van der Waals surface area contributed by atoms with Crippen LogP contribution in [0.1, 0.15) is 17.9 Å². The van der Waals surface area contributed by atoms with Gasteiger partial charge in [-0.3, -0.25) is 4.98 Å². The summed E-state index contributed by atoms with van der Waals surface area (Å²) >= 11 is 0. The van der Waals surface area contributed by atoms with E-state index in [0.29, 0.717) is 11.3 Å². The summed E-state index contributed by atoms with van der Waals surface area (Å²) in [7, 11) is -3.27. The highest BCUT2D eigenvalue weighted by molar-refractivity contribution is 7.90. The van der Waals surface area contributed by atoms with Crippen molar-refractivity contribution in [2.45, 2.75) is 12.2 Å². The van der Waals surface area contributed by atoms with Crippen molar-refractivity contribution < 1.29 is 12.9 Å². The Morgan fingerprint density at radius 1 is 1.33 bits per heavy atom. The summed E-state index contributed by atoms with van der Waals surface area (Å²) in [6.45, 7) is 1.55. The molecule has 0 saturated carbocycles. The van der Waals surface area contributed by atoms with Crippen LogP contribution in [0.2, 0.25) is 0 Å². The van der Waals surface area contributed by atoms with Gasteiger partial charge in [-0.25, -0.2) is 8.42 Å². The number of nitrogens with two attached hydrogens (primary N) is 1. The molecular formula is C11H13N3O3S. The molecule has 2 N–H and O–H groups in total. The maximum Gasteiger partial charge on any atom is 0.230 e. The van der Waals surface area contributed by atoms with Crippen LogP contribution in [0.3, 0.4) is 0 Å². The fourth-order valence-electron chi connectivity index (χ4n) is 1.60. The number of nitrogen functional groups attached to an aromatic ring is 1. The lowest BCUT2D eigenvalue weighted by atomic mass is 10.1. The number of aromatic nitrogens is 2. The molecule has 0 fully saturated rings. The van der Waals surface area contributed by atoms with Crippen LogP contribution in [0.25, 0.3) is 11.1 Å². The number of nitrogens with zero attached hydrogens (tertiary/aromatic N) is 2. The molecule has 0 amide bonds. The molecule has 0 aromatic carbocycles. The van der Waals surface area contributed by atoms with Crippen molar-refractivity contribution >= 4 is 15.7 Å². The molecule has 0 radical (unpaired) electrons. The second-order valence-electron chi connectivity index (χ2n) is 4.01. The third-order valence-electron chi connectivity index (χ3n) is 2.74. The van der Waals surface area contributed by atoms with Crippen molar-refractivity contribution in [2.75, 3.05) is 12.0 Å². The highest BCUT2D eigenvalue weighted by Crippen LogP contribution is 2.35. The molecule has 0 aliphatic rings. The van der Waals surface area contributed by atoms with Gasteiger partial charge in [-0.15, -0.1) is 0 Å². The van der Waals surface area contributed by atoms with Crippen molar-refractivity contribution in [3.8, 4) is 11.1 Å². The summed E-state index contributed by atoms with van der Waals surface area (Å²) < 4.78 is 28.1. The van der Waals surface area contributed by atoms with E-state index in [9.17, 15) is 8.42 Å². The largest absolute Gasteiger partial charge is 0.367 e. The van der Waals surface area contributed by atoms with Crippen LogP contribution < -0.4 is 5.73 Å². The SMILES string of the molecule is CC(c1noc(N)c1-c1ccncc1)S(C)(=O)=O. The number of hydrogen-bond donors (Lipinski definition) is 1. The first-order valence-electron chi connectivity index (χ1n) is 5.25. The topological polar surface area (TPSA) is 99.1 Å². The van der Waals surface area contributed by atoms with Crippen molar-refractivity contribution in [3.05, 3.63) is 30.2 Å². The van der Waals surface area contributed by atoms with Crippen LogP contribution in [0.4, 0.5) is 5.88 Å². The summed E-state index contributed by atoms with van der Waals surface area (Å²) in [6, 6.07) is 3.45. The average Bonchev–Trinajstić information content (AvgIpc) is 2.70. The molecule has 0 aliphatic carbocycles. The summed E-state index contributed by atoms with van der Waals surface area (Å²) in [5.41, 5.74) is 7.27. The fraction of sp³-hybridized carbons (Fsp3) is 0.273. The van der Waals surface area contributed by atoms with Gasteiger partial charge in [0.05, 0.1) is 5.56 Å². The lowest BCUT2D eigenvalue weighted by molar-refractivity contribution is 0.427. The van der Waals surface area contributed by atoms with E-state index in [-0.39, 0.29) is 5.88 Å². The van der Waals surface area contributed by atoms with E-state index in [1.807, 2.05) is 0 Å². The van der Waals surface area contributed by atoms with E-state index in [0.717, 1.165) is 11.8 Å². The normalized spacial score (nSPS) is 13.4. The number of sulfone groups is 1. The quantitative estimate of drug-likeness (QED) is 0.903. The van der Waals surface area contributed by atoms with Crippen LogP contribution in [0.15, 0.2) is 29.0 Å². The van der Waals surface area contributed by atoms with Crippen LogP contribution in [0, 0.1) is 0 Å². The lowest BCUT2D eigenvalue weighted by Crippen LogP contribution is -2.09. The molecule has 6 nitrogen and oxygen atoms in total. The molecule has 7 heteroatoms. The minimum atomic E-state index is -3.27. The smallest absolute Gasteiger partial charge is 0.230 e. The monoisotopic (exact) mass is 267 g/mol. The first-order valence-corrected chi connectivity index (χ1v) is 7.21. The van der Waals surface area contributed by atoms with E-state index in [1.54, 1.807) is 31.5 Å². The zero-order chi connectivity index (χ0) is 13.3. The van der Waals surface area contributed by atoms with E-state index in [2.05, 4.69) is 10.1 Å². The Bertz CT molecular complexity index is 649. The zero-order valence-electron chi connectivity index (χ0n) is 9.99. The van der Waals surface area contributed by atoms with Crippen molar-refractivity contribution in [3.63, 3.8) is 0 Å². The second kappa shape index (κ2) is 4.41. The van der Waals surface area contributed by atoms with Gasteiger partial charge in [0, 0.05) is 18.6 Å². The van der Waals surface area contributed by atoms with Crippen molar-refractivity contribution in [1.29, 1.82) is 0 Å². The van der Waals surface area contributed by atoms with Gasteiger partial charge in [0.15, 0.2) is 9.84 Å². The van der Waals surface area contributed by atoms with Crippen molar-refractivity contribution in [1.82, 2.24) is 10.1 Å². The minimum absolute atomic E-state index is 0.103. The van der Waals surface area contributed by atoms with Crippen LogP contribution in [0.5, 0.6) is 0 Å². The van der Waals surface area contributed by atoms with E-state index < -0.39 is 15.1 Å². The molecule has 96 valence electrons. The molecule has 0 bridgehead atoms. The Balaban J connectivity index is 2.60. The lowest BCUT2D eigenvalue weighted by Gasteiger charge is -2.08. The number of pyridine rings is 1. The third-order valence-corrected chi connectivity index (χ3v) is 4.25. The van der Waals surface area contributed by atoms with Crippen LogP contribution >= 0.6 is 0 Å². The highest BCUT2D eigenvalue weighted by Gasteiger charge is 2.27. The van der Waals surface area contributed by atoms with Crippen LogP contribution in [-0.2, 0) is 9.84 Å². The molecule has 0 aliphatic heterocycles. The maximum atomic E-state index is 11.6. The molecule has 1 atom stereocenters. The number of anilines is 1. The predicted molar refractivity (Wildman–Crippen MR) is 67.4 cm³/mol. The first-order chi connectivity index (χ1) is 8.41. The molecule has 2 aromatic rings. The molecule has 2 rings (SSSR count). The van der Waals surface area contributed by atoms with Crippen molar-refractivity contribution in [2.24, 2.45) is 0 Å². The Hall–Kier alpha value is -1.89. The fourth-order valence-corrected chi connectivity index (χ4v) is 2.17. The van der Waals surface area contributed by atoms with Gasteiger partial charge in [-0.05, 0) is 24.6 Å². The van der Waals surface area contributed by atoms with E-state index in [4.69, 9.17) is 10.3 Å². The Morgan fingerprint density at radius 3 is 2.50 bits per heavy atom. The Kier molecular flexibility index (Phi) is 3.08. The summed E-state index contributed by atoms with van der Waals surface area (Å²) in [6.07, 6.45) is 4.34. The standard InChI is InChI=1S/C11H13N3O3S/c1-7(18(2,15)16)10-9(11(12)17-14-10)8-3-5-13-6-4-8/h3-7H,12H2,1-2H3. The number of hydrogen-bond acceptors (Lipinski definition) is 6. The Morgan fingerprint density at radius 2 is 1.94 bits per heavy atom. The summed E-state index contributed by atoms with van der Waals surface area (Å²) in [5.74, 6) is 0.103. The van der Waals surface area contributed by atoms with Gasteiger partial charge in [0.25, 0.3) is 0 Å². The molecule has 2 aromatic heterocycles. The van der Waals surface area contributed by atoms with Gasteiger partial charge in [0.2, 0.25) is 5.88 Å². The van der Waals surface area contributed by atoms with Gasteiger partial charge in [-0.2, -0.15) is 0 Å².